The molecule has 0 saturated carbocycles. The second-order valence-electron chi connectivity index (χ2n) is 9.08. The van der Waals surface area contributed by atoms with E-state index in [1.54, 1.807) is 10.6 Å². The zero-order chi connectivity index (χ0) is 23.9. The summed E-state index contributed by atoms with van der Waals surface area (Å²) < 4.78 is 27.6. The normalized spacial score (nSPS) is 19.5. The van der Waals surface area contributed by atoms with Crippen molar-refractivity contribution in [1.29, 1.82) is 0 Å². The number of benzene rings is 1. The average Bonchev–Trinajstić information content (AvgIpc) is 3.17. The van der Waals surface area contributed by atoms with Crippen LogP contribution in [0.2, 0.25) is 5.02 Å². The van der Waals surface area contributed by atoms with Crippen molar-refractivity contribution in [2.45, 2.75) is 18.8 Å². The summed E-state index contributed by atoms with van der Waals surface area (Å²) in [5, 5.41) is 0.688. The van der Waals surface area contributed by atoms with Crippen molar-refractivity contribution in [3.8, 4) is 0 Å². The number of nitrogens with zero attached hydrogens (tertiary/aromatic N) is 4. The summed E-state index contributed by atoms with van der Waals surface area (Å²) in [5.41, 5.74) is 6.29. The van der Waals surface area contributed by atoms with Gasteiger partial charge in [0, 0.05) is 49.0 Å². The second kappa shape index (κ2) is 9.13. The lowest BCUT2D eigenvalue weighted by atomic mass is 9.76. The Morgan fingerprint density at radius 1 is 1.12 bits per heavy atom. The van der Waals surface area contributed by atoms with Gasteiger partial charge >= 0.3 is 0 Å². The Morgan fingerprint density at radius 3 is 2.62 bits per heavy atom. The Kier molecular flexibility index (Phi) is 6.18. The summed E-state index contributed by atoms with van der Waals surface area (Å²) in [5.74, 6) is 0.335. The molecule has 3 heterocycles. The van der Waals surface area contributed by atoms with Gasteiger partial charge < -0.3 is 4.57 Å². The maximum Gasteiger partial charge on any atom is 0.211 e. The van der Waals surface area contributed by atoms with E-state index in [-0.39, 0.29) is 11.8 Å². The van der Waals surface area contributed by atoms with Crippen LogP contribution < -0.4 is 0 Å². The van der Waals surface area contributed by atoms with E-state index in [4.69, 9.17) is 16.6 Å². The average molecular weight is 495 g/mol. The molecule has 5 rings (SSSR count). The number of halogens is 1. The van der Waals surface area contributed by atoms with Crippen LogP contribution in [0.3, 0.4) is 0 Å². The van der Waals surface area contributed by atoms with Crippen LogP contribution in [-0.4, -0.2) is 46.6 Å². The van der Waals surface area contributed by atoms with Crippen LogP contribution in [0.5, 0.6) is 0 Å². The van der Waals surface area contributed by atoms with Crippen molar-refractivity contribution < 1.29 is 8.42 Å². The number of hydrogen-bond acceptors (Lipinski definition) is 4. The van der Waals surface area contributed by atoms with Crippen molar-refractivity contribution in [3.05, 3.63) is 88.2 Å². The van der Waals surface area contributed by atoms with Gasteiger partial charge in [0.15, 0.2) is 0 Å². The van der Waals surface area contributed by atoms with E-state index in [2.05, 4.69) is 29.3 Å². The minimum absolute atomic E-state index is 0.0576. The standard InChI is InChI=1S/C26H27ClN4O2S/c1-30-16-22(29-17-30)7-5-19-14-20-15-21(27)6-8-23(20)25(26-24(19)4-3-11-28-26)18-9-12-31(13-10-18)34(2,32)33/h3-8,11,14-18,25H,9-10,12-13H2,1-2H3/b7-5+. The largest absolute Gasteiger partial charge is 0.340 e. The molecule has 1 fully saturated rings. The number of piperidine rings is 1. The maximum atomic E-state index is 12.1. The third-order valence-corrected chi connectivity index (χ3v) is 8.27. The van der Waals surface area contributed by atoms with Crippen LogP contribution in [0.15, 0.2) is 55.1 Å². The summed E-state index contributed by atoms with van der Waals surface area (Å²) in [6.07, 6.45) is 14.7. The van der Waals surface area contributed by atoms with Crippen molar-refractivity contribution in [2.75, 3.05) is 19.3 Å². The van der Waals surface area contributed by atoms with Crippen LogP contribution in [0.1, 0.15) is 46.8 Å². The quantitative estimate of drug-likeness (QED) is 0.520. The van der Waals surface area contributed by atoms with E-state index in [9.17, 15) is 8.42 Å². The van der Waals surface area contributed by atoms with E-state index in [1.807, 2.05) is 48.3 Å². The first-order valence-corrected chi connectivity index (χ1v) is 13.6. The van der Waals surface area contributed by atoms with Gasteiger partial charge in [-0.2, -0.15) is 0 Å². The number of aromatic nitrogens is 3. The van der Waals surface area contributed by atoms with E-state index < -0.39 is 10.0 Å². The number of pyridine rings is 1. The minimum atomic E-state index is -3.18. The molecule has 3 aromatic rings. The Morgan fingerprint density at radius 2 is 1.91 bits per heavy atom. The molecule has 1 aliphatic heterocycles. The summed E-state index contributed by atoms with van der Waals surface area (Å²) in [6, 6.07) is 10.1. The first-order valence-electron chi connectivity index (χ1n) is 11.4. The monoisotopic (exact) mass is 494 g/mol. The zero-order valence-electron chi connectivity index (χ0n) is 19.2. The molecular formula is C26H27ClN4O2S. The number of fused-ring (bicyclic) bond motifs is 2. The highest BCUT2D eigenvalue weighted by molar-refractivity contribution is 7.88. The molecule has 1 aliphatic carbocycles. The molecule has 0 amide bonds. The Bertz CT molecular complexity index is 1390. The van der Waals surface area contributed by atoms with E-state index in [1.165, 1.54) is 11.8 Å². The number of rotatable bonds is 4. The fourth-order valence-corrected chi connectivity index (χ4v) is 6.16. The van der Waals surface area contributed by atoms with Crippen LogP contribution in [0.25, 0.3) is 17.7 Å². The molecular weight excluding hydrogens is 468 g/mol. The molecule has 0 spiro atoms. The summed E-state index contributed by atoms with van der Waals surface area (Å²) in [7, 11) is -1.23. The molecule has 176 valence electrons. The van der Waals surface area contributed by atoms with Gasteiger partial charge in [0.2, 0.25) is 10.0 Å². The highest BCUT2D eigenvalue weighted by Gasteiger charge is 2.35. The van der Waals surface area contributed by atoms with E-state index in [0.717, 1.165) is 40.9 Å². The van der Waals surface area contributed by atoms with Crippen molar-refractivity contribution in [3.63, 3.8) is 0 Å². The third-order valence-electron chi connectivity index (χ3n) is 6.74. The fourth-order valence-electron chi connectivity index (χ4n) is 5.11. The van der Waals surface area contributed by atoms with Crippen molar-refractivity contribution in [1.82, 2.24) is 18.8 Å². The number of aryl methyl sites for hydroxylation is 1. The highest BCUT2D eigenvalue weighted by Crippen LogP contribution is 2.45. The molecule has 0 radical (unpaired) electrons. The van der Waals surface area contributed by atoms with Crippen LogP contribution in [0.4, 0.5) is 0 Å². The second-order valence-corrected chi connectivity index (χ2v) is 11.5. The van der Waals surface area contributed by atoms with Gasteiger partial charge in [-0.25, -0.2) is 17.7 Å². The molecule has 8 heteroatoms. The molecule has 2 aromatic heterocycles. The van der Waals surface area contributed by atoms with Crippen molar-refractivity contribution >= 4 is 39.3 Å². The Balaban J connectivity index is 1.59. The predicted molar refractivity (Wildman–Crippen MR) is 137 cm³/mol. The first-order chi connectivity index (χ1) is 16.3. The van der Waals surface area contributed by atoms with E-state index in [0.29, 0.717) is 18.1 Å². The number of sulfonamides is 1. The van der Waals surface area contributed by atoms with E-state index >= 15 is 0 Å². The van der Waals surface area contributed by atoms with Crippen LogP contribution >= 0.6 is 11.6 Å². The summed E-state index contributed by atoms with van der Waals surface area (Å²) in [6.45, 7) is 1.07. The number of imidazole rings is 1. The van der Waals surface area contributed by atoms with Gasteiger partial charge in [0.25, 0.3) is 0 Å². The van der Waals surface area contributed by atoms with Crippen LogP contribution in [-0.2, 0) is 17.1 Å². The maximum absolute atomic E-state index is 12.1. The molecule has 0 N–H and O–H groups in total. The van der Waals surface area contributed by atoms with Crippen LogP contribution in [0, 0.1) is 5.92 Å². The van der Waals surface area contributed by atoms with Gasteiger partial charge in [-0.05, 0) is 65.8 Å². The topological polar surface area (TPSA) is 68.1 Å². The fraction of sp³-hybridized carbons (Fsp3) is 0.308. The van der Waals surface area contributed by atoms with Gasteiger partial charge in [0.1, 0.15) is 0 Å². The number of hydrogen-bond donors (Lipinski definition) is 0. The molecule has 0 bridgehead atoms. The van der Waals surface area contributed by atoms with Gasteiger partial charge in [-0.3, -0.25) is 4.98 Å². The summed E-state index contributed by atoms with van der Waals surface area (Å²) >= 11 is 6.42. The first kappa shape index (κ1) is 23.0. The van der Waals surface area contributed by atoms with Gasteiger partial charge in [0.05, 0.1) is 24.0 Å². The summed E-state index contributed by atoms with van der Waals surface area (Å²) in [4.78, 5) is 9.29. The third kappa shape index (κ3) is 4.60. The lowest BCUT2D eigenvalue weighted by Gasteiger charge is -2.35. The minimum Gasteiger partial charge on any atom is -0.340 e. The van der Waals surface area contributed by atoms with Crippen molar-refractivity contribution in [2.24, 2.45) is 13.0 Å². The van der Waals surface area contributed by atoms with Gasteiger partial charge in [-0.15, -0.1) is 0 Å². The zero-order valence-corrected chi connectivity index (χ0v) is 20.8. The SMILES string of the molecule is Cn1cnc(/C=C/C2=Cc3cc(Cl)ccc3C(C3CCN(S(C)(=O)=O)CC3)c3ncccc32)c1. The Hall–Kier alpha value is -2.74. The molecule has 1 atom stereocenters. The molecule has 34 heavy (non-hydrogen) atoms. The highest BCUT2D eigenvalue weighted by atomic mass is 35.5. The molecule has 1 unspecified atom stereocenters. The smallest absolute Gasteiger partial charge is 0.211 e. The Labute approximate surface area is 205 Å². The predicted octanol–water partition coefficient (Wildman–Crippen LogP) is 4.84. The molecule has 6 nitrogen and oxygen atoms in total. The lowest BCUT2D eigenvalue weighted by Crippen LogP contribution is -2.39. The molecule has 1 saturated heterocycles. The van der Waals surface area contributed by atoms with Gasteiger partial charge in [-0.1, -0.05) is 29.8 Å². The number of allylic oxidation sites excluding steroid dienone is 2. The lowest BCUT2D eigenvalue weighted by molar-refractivity contribution is 0.256. The molecule has 2 aliphatic rings. The molecule has 1 aromatic carbocycles.